The number of imide groups is 2. The summed E-state index contributed by atoms with van der Waals surface area (Å²) in [5.74, 6) is -1.68. The normalized spacial score (nSPS) is 30.2. The van der Waals surface area contributed by atoms with Crippen molar-refractivity contribution in [3.63, 3.8) is 0 Å². The van der Waals surface area contributed by atoms with Gasteiger partial charge in [-0.15, -0.1) is 0 Å². The second kappa shape index (κ2) is 6.57. The van der Waals surface area contributed by atoms with Crippen molar-refractivity contribution < 1.29 is 19.3 Å². The van der Waals surface area contributed by atoms with Gasteiger partial charge in [-0.05, 0) is 37.2 Å². The Morgan fingerprint density at radius 1 is 1.22 bits per heavy atom. The summed E-state index contributed by atoms with van der Waals surface area (Å²) in [4.78, 5) is 52.8. The minimum Gasteiger partial charge on any atom is -0.277 e. The number of benzene rings is 1. The average Bonchev–Trinajstić information content (AvgIpc) is 3.25. The Labute approximate surface area is 154 Å². The maximum absolute atomic E-state index is 12.9. The molecule has 1 aromatic rings. The van der Waals surface area contributed by atoms with E-state index in [0.717, 1.165) is 31.9 Å². The molecule has 0 spiro atoms. The fourth-order valence-electron chi connectivity index (χ4n) is 4.43. The Kier molecular flexibility index (Phi) is 4.21. The first-order valence-electron chi connectivity index (χ1n) is 8.90. The van der Waals surface area contributed by atoms with E-state index in [1.807, 2.05) is 0 Å². The molecule has 3 fully saturated rings. The van der Waals surface area contributed by atoms with Crippen LogP contribution >= 0.6 is 0 Å². The first-order chi connectivity index (χ1) is 12.9. The van der Waals surface area contributed by atoms with E-state index in [-0.39, 0.29) is 17.4 Å². The number of carbonyl (C=O) groups excluding carboxylic acids is 3. The number of urea groups is 1. The highest BCUT2D eigenvalue weighted by molar-refractivity contribution is 6.23. The van der Waals surface area contributed by atoms with Crippen molar-refractivity contribution in [2.45, 2.75) is 31.7 Å². The Hall–Kier alpha value is -3.10. The van der Waals surface area contributed by atoms with Crippen molar-refractivity contribution in [3.05, 3.63) is 34.4 Å². The molecule has 2 bridgehead atoms. The molecule has 1 N–H and O–H groups in total. The van der Waals surface area contributed by atoms with E-state index in [0.29, 0.717) is 11.8 Å². The standard InChI is InChI=1S/C18H18N4O5/c23-16-14(9-19-12-2-1-3-13(8-12)22(26)27)17(24)21(18(25)20-16)15-7-10-4-5-11(15)6-10/h1-3,8-11,14-15H,4-7H2,(H,20,23,25)/t10-,11-,14+,15-/m0/s1. The highest BCUT2D eigenvalue weighted by Crippen LogP contribution is 2.47. The molecule has 0 radical (unpaired) electrons. The van der Waals surface area contributed by atoms with Crippen LogP contribution in [0, 0.1) is 27.9 Å². The maximum Gasteiger partial charge on any atom is 0.331 e. The van der Waals surface area contributed by atoms with E-state index in [9.17, 15) is 24.5 Å². The number of hydrogen-bond donors (Lipinski definition) is 1. The van der Waals surface area contributed by atoms with Crippen molar-refractivity contribution in [3.8, 4) is 0 Å². The molecule has 27 heavy (non-hydrogen) atoms. The average molecular weight is 370 g/mol. The molecule has 4 rings (SSSR count). The Morgan fingerprint density at radius 3 is 2.70 bits per heavy atom. The van der Waals surface area contributed by atoms with Crippen LogP contribution in [0.5, 0.6) is 0 Å². The zero-order valence-corrected chi connectivity index (χ0v) is 14.4. The maximum atomic E-state index is 12.9. The predicted molar refractivity (Wildman–Crippen MR) is 94.4 cm³/mol. The first kappa shape index (κ1) is 17.3. The second-order valence-electron chi connectivity index (χ2n) is 7.28. The molecule has 140 valence electrons. The van der Waals surface area contributed by atoms with Crippen molar-refractivity contribution in [2.24, 2.45) is 22.7 Å². The molecule has 1 heterocycles. The van der Waals surface area contributed by atoms with Gasteiger partial charge in [-0.25, -0.2) is 4.79 Å². The van der Waals surface area contributed by atoms with Crippen LogP contribution in [0.3, 0.4) is 0 Å². The van der Waals surface area contributed by atoms with Crippen LogP contribution in [-0.4, -0.2) is 39.9 Å². The number of nitrogens with one attached hydrogen (secondary N) is 1. The lowest BCUT2D eigenvalue weighted by molar-refractivity contribution is -0.384. The quantitative estimate of drug-likeness (QED) is 0.377. The number of fused-ring (bicyclic) bond motifs is 2. The topological polar surface area (TPSA) is 122 Å². The molecule has 2 saturated carbocycles. The summed E-state index contributed by atoms with van der Waals surface area (Å²) < 4.78 is 0. The van der Waals surface area contributed by atoms with E-state index in [1.54, 1.807) is 0 Å². The fourth-order valence-corrected chi connectivity index (χ4v) is 4.43. The SMILES string of the molecule is O=C1NC(=O)N([C@H]2C[C@H]3CC[C@H]2C3)C(=O)[C@@H]1C=Nc1cccc([N+](=O)[O-])c1. The van der Waals surface area contributed by atoms with Crippen LogP contribution in [0.15, 0.2) is 29.3 Å². The summed E-state index contributed by atoms with van der Waals surface area (Å²) in [5.41, 5.74) is 0.121. The minimum atomic E-state index is -1.22. The molecule has 9 nitrogen and oxygen atoms in total. The van der Waals surface area contributed by atoms with Gasteiger partial charge in [0.2, 0.25) is 11.8 Å². The largest absolute Gasteiger partial charge is 0.331 e. The smallest absolute Gasteiger partial charge is 0.277 e. The zero-order chi connectivity index (χ0) is 19.1. The first-order valence-corrected chi connectivity index (χ1v) is 8.90. The molecule has 0 unspecified atom stereocenters. The van der Waals surface area contributed by atoms with Crippen LogP contribution in [0.25, 0.3) is 0 Å². The number of hydrogen-bond acceptors (Lipinski definition) is 6. The summed E-state index contributed by atoms with van der Waals surface area (Å²) in [6.07, 6.45) is 5.08. The lowest BCUT2D eigenvalue weighted by Crippen LogP contribution is -2.62. The molecular formula is C18H18N4O5. The zero-order valence-electron chi connectivity index (χ0n) is 14.4. The summed E-state index contributed by atoms with van der Waals surface area (Å²) >= 11 is 0. The number of aliphatic imine (C=N–C) groups is 1. The number of nitro benzene ring substituents is 1. The minimum absolute atomic E-state index is 0.136. The molecule has 3 aliphatic rings. The van der Waals surface area contributed by atoms with Gasteiger partial charge in [-0.1, -0.05) is 12.5 Å². The lowest BCUT2D eigenvalue weighted by Gasteiger charge is -2.36. The highest BCUT2D eigenvalue weighted by atomic mass is 16.6. The van der Waals surface area contributed by atoms with Crippen LogP contribution in [-0.2, 0) is 9.59 Å². The molecule has 2 aliphatic carbocycles. The van der Waals surface area contributed by atoms with Gasteiger partial charge in [0.05, 0.1) is 10.6 Å². The monoisotopic (exact) mass is 370 g/mol. The number of nitro groups is 1. The van der Waals surface area contributed by atoms with Gasteiger partial charge in [0.15, 0.2) is 5.92 Å². The molecule has 1 aromatic carbocycles. The fraction of sp³-hybridized carbons (Fsp3) is 0.444. The van der Waals surface area contributed by atoms with Gasteiger partial charge < -0.3 is 0 Å². The van der Waals surface area contributed by atoms with Crippen LogP contribution in [0.1, 0.15) is 25.7 Å². The van der Waals surface area contributed by atoms with Crippen LogP contribution in [0.4, 0.5) is 16.2 Å². The van der Waals surface area contributed by atoms with Gasteiger partial charge in [0, 0.05) is 24.4 Å². The number of nitrogens with zero attached hydrogens (tertiary/aromatic N) is 3. The summed E-state index contributed by atoms with van der Waals surface area (Å²) in [5, 5.41) is 13.1. The third-order valence-corrected chi connectivity index (χ3v) is 5.68. The molecular weight excluding hydrogens is 352 g/mol. The predicted octanol–water partition coefficient (Wildman–Crippen LogP) is 2.18. The Bertz CT molecular complexity index is 867. The lowest BCUT2D eigenvalue weighted by atomic mass is 9.92. The van der Waals surface area contributed by atoms with Gasteiger partial charge in [-0.3, -0.25) is 34.9 Å². The van der Waals surface area contributed by atoms with Crippen molar-refractivity contribution in [1.29, 1.82) is 0 Å². The Morgan fingerprint density at radius 2 is 2.04 bits per heavy atom. The van der Waals surface area contributed by atoms with Gasteiger partial charge >= 0.3 is 6.03 Å². The summed E-state index contributed by atoms with van der Waals surface area (Å²) in [6, 6.07) is 4.75. The van der Waals surface area contributed by atoms with Crippen LogP contribution in [0.2, 0.25) is 0 Å². The van der Waals surface area contributed by atoms with E-state index >= 15 is 0 Å². The van der Waals surface area contributed by atoms with Crippen molar-refractivity contribution in [2.75, 3.05) is 0 Å². The number of barbiturate groups is 1. The Balaban J connectivity index is 1.56. The van der Waals surface area contributed by atoms with Crippen molar-refractivity contribution in [1.82, 2.24) is 10.2 Å². The molecule has 4 amide bonds. The third kappa shape index (κ3) is 3.09. The van der Waals surface area contributed by atoms with E-state index in [2.05, 4.69) is 10.3 Å². The number of rotatable bonds is 4. The number of carbonyl (C=O) groups is 3. The second-order valence-corrected chi connectivity index (χ2v) is 7.28. The van der Waals surface area contributed by atoms with Gasteiger partial charge in [-0.2, -0.15) is 0 Å². The molecule has 1 aliphatic heterocycles. The van der Waals surface area contributed by atoms with Crippen molar-refractivity contribution >= 4 is 35.4 Å². The summed E-state index contributed by atoms with van der Waals surface area (Å²) in [7, 11) is 0. The molecule has 0 aromatic heterocycles. The molecule has 9 heteroatoms. The number of non-ortho nitro benzene ring substituents is 1. The third-order valence-electron chi connectivity index (χ3n) is 5.68. The molecule has 4 atom stereocenters. The number of amides is 4. The van der Waals surface area contributed by atoms with E-state index in [4.69, 9.17) is 0 Å². The van der Waals surface area contributed by atoms with Gasteiger partial charge in [0.1, 0.15) is 0 Å². The highest BCUT2D eigenvalue weighted by Gasteiger charge is 2.50. The summed E-state index contributed by atoms with van der Waals surface area (Å²) in [6.45, 7) is 0. The molecule has 1 saturated heterocycles. The van der Waals surface area contributed by atoms with Gasteiger partial charge in [0.25, 0.3) is 5.69 Å². The van der Waals surface area contributed by atoms with Crippen LogP contribution < -0.4 is 5.32 Å². The van der Waals surface area contributed by atoms with E-state index < -0.39 is 28.7 Å². The van der Waals surface area contributed by atoms with E-state index in [1.165, 1.54) is 29.2 Å².